The van der Waals surface area contributed by atoms with E-state index in [1.807, 2.05) is 6.92 Å². The van der Waals surface area contributed by atoms with E-state index >= 15 is 0 Å². The van der Waals surface area contributed by atoms with Crippen LogP contribution in [-0.4, -0.2) is 20.2 Å². The first-order valence-electron chi connectivity index (χ1n) is 6.61. The molecule has 0 atom stereocenters. The topological polar surface area (TPSA) is 66.5 Å². The van der Waals surface area contributed by atoms with Gasteiger partial charge in [0.2, 0.25) is 0 Å². The van der Waals surface area contributed by atoms with Gasteiger partial charge in [-0.3, -0.25) is 5.10 Å². The molecule has 2 N–H and O–H groups in total. The summed E-state index contributed by atoms with van der Waals surface area (Å²) >= 11 is 0. The summed E-state index contributed by atoms with van der Waals surface area (Å²) in [6.45, 7) is 12.2. The molecule has 0 aromatic carbocycles. The van der Waals surface area contributed by atoms with Crippen LogP contribution in [0.2, 0.25) is 0 Å². The molecule has 0 unspecified atom stereocenters. The monoisotopic (exact) mass is 325 g/mol. The number of H-pyrrole nitrogens is 1. The van der Waals surface area contributed by atoms with Crippen LogP contribution in [-0.2, 0) is 6.18 Å². The molecule has 0 aliphatic carbocycles. The summed E-state index contributed by atoms with van der Waals surface area (Å²) in [6, 6.07) is 1.58. The van der Waals surface area contributed by atoms with Gasteiger partial charge in [-0.15, -0.1) is 0 Å². The lowest BCUT2D eigenvalue weighted by molar-refractivity contribution is -0.137. The van der Waals surface area contributed by atoms with Crippen molar-refractivity contribution in [3.63, 3.8) is 0 Å². The highest BCUT2D eigenvalue weighted by atomic mass is 19.4. The average molecular weight is 325 g/mol. The highest BCUT2D eigenvalue weighted by molar-refractivity contribution is 5.56. The average Bonchev–Trinajstić information content (AvgIpc) is 2.83. The van der Waals surface area contributed by atoms with Gasteiger partial charge in [0.25, 0.3) is 0 Å². The molecule has 0 aliphatic rings. The Morgan fingerprint density at radius 1 is 1.35 bits per heavy atom. The van der Waals surface area contributed by atoms with Crippen LogP contribution in [0, 0.1) is 13.8 Å². The first kappa shape index (κ1) is 18.4. The second-order valence-corrected chi connectivity index (χ2v) is 4.79. The molecule has 2 rings (SSSR count). The minimum absolute atomic E-state index is 0.248. The zero-order chi connectivity index (χ0) is 17.6. The molecule has 0 radical (unpaired) electrons. The van der Waals surface area contributed by atoms with Crippen molar-refractivity contribution in [1.82, 2.24) is 20.2 Å². The highest BCUT2D eigenvalue weighted by Crippen LogP contribution is 2.34. The lowest BCUT2D eigenvalue weighted by Gasteiger charge is -2.12. The SMILES string of the molecule is C=CC(=C)C.Cc1ncc(C(F)(F)F)c(Nc2cc(C)[nH]n2)n1. The Hall–Kier alpha value is -2.64. The standard InChI is InChI=1S/C10H10F3N5.C5H8/c1-5-3-8(18-17-5)16-9-7(10(11,12)13)4-14-6(2)15-9;1-4-5(2)3/h3-4H,1-2H3,(H2,14,15,16,17,18);4H,1-2H2,3H3. The van der Waals surface area contributed by atoms with Crippen LogP contribution >= 0.6 is 0 Å². The van der Waals surface area contributed by atoms with Gasteiger partial charge in [-0.25, -0.2) is 9.97 Å². The van der Waals surface area contributed by atoms with Crippen molar-refractivity contribution in [2.75, 3.05) is 5.32 Å². The highest BCUT2D eigenvalue weighted by Gasteiger charge is 2.35. The third kappa shape index (κ3) is 5.93. The maximum absolute atomic E-state index is 12.7. The molecule has 23 heavy (non-hydrogen) atoms. The Labute approximate surface area is 132 Å². The molecule has 0 aliphatic heterocycles. The molecule has 2 aromatic heterocycles. The van der Waals surface area contributed by atoms with E-state index in [9.17, 15) is 13.2 Å². The Bertz CT molecular complexity index is 689. The molecule has 2 heterocycles. The summed E-state index contributed by atoms with van der Waals surface area (Å²) in [4.78, 5) is 7.30. The predicted molar refractivity (Wildman–Crippen MR) is 83.4 cm³/mol. The number of allylic oxidation sites excluding steroid dienone is 2. The summed E-state index contributed by atoms with van der Waals surface area (Å²) in [5.41, 5.74) is 0.829. The maximum atomic E-state index is 12.7. The minimum Gasteiger partial charge on any atom is -0.323 e. The minimum atomic E-state index is -4.51. The van der Waals surface area contributed by atoms with Crippen LogP contribution in [0.1, 0.15) is 24.0 Å². The number of alkyl halides is 3. The number of nitrogens with zero attached hydrogens (tertiary/aromatic N) is 3. The number of rotatable bonds is 3. The van der Waals surface area contributed by atoms with E-state index in [1.54, 1.807) is 19.1 Å². The second-order valence-electron chi connectivity index (χ2n) is 4.79. The van der Waals surface area contributed by atoms with Crippen molar-refractivity contribution < 1.29 is 13.2 Å². The van der Waals surface area contributed by atoms with Crippen LogP contribution in [0.4, 0.5) is 24.8 Å². The molecule has 0 fully saturated rings. The van der Waals surface area contributed by atoms with Gasteiger partial charge in [0.1, 0.15) is 17.2 Å². The van der Waals surface area contributed by atoms with Gasteiger partial charge >= 0.3 is 6.18 Å². The van der Waals surface area contributed by atoms with E-state index in [0.29, 0.717) is 0 Å². The number of anilines is 2. The Balaban J connectivity index is 0.000000463. The van der Waals surface area contributed by atoms with Gasteiger partial charge < -0.3 is 5.32 Å². The summed E-state index contributed by atoms with van der Waals surface area (Å²) in [6.07, 6.45) is -2.04. The zero-order valence-corrected chi connectivity index (χ0v) is 13.1. The molecule has 0 saturated heterocycles. The summed E-state index contributed by atoms with van der Waals surface area (Å²) in [7, 11) is 0. The molecular weight excluding hydrogens is 307 g/mol. The first-order valence-corrected chi connectivity index (χ1v) is 6.61. The fourth-order valence-electron chi connectivity index (χ4n) is 1.38. The van der Waals surface area contributed by atoms with Crippen molar-refractivity contribution in [2.24, 2.45) is 0 Å². The molecule has 2 aromatic rings. The third-order valence-electron chi connectivity index (χ3n) is 2.52. The molecular formula is C15H18F3N5. The first-order chi connectivity index (χ1) is 10.6. The fourth-order valence-corrected chi connectivity index (χ4v) is 1.38. The number of hydrogen-bond acceptors (Lipinski definition) is 4. The summed E-state index contributed by atoms with van der Waals surface area (Å²) in [5, 5.41) is 8.95. The number of aromatic amines is 1. The molecule has 8 heteroatoms. The van der Waals surface area contributed by atoms with Gasteiger partial charge in [0.15, 0.2) is 5.82 Å². The van der Waals surface area contributed by atoms with Gasteiger partial charge in [0, 0.05) is 18.0 Å². The smallest absolute Gasteiger partial charge is 0.323 e. The lowest BCUT2D eigenvalue weighted by atomic mass is 10.3. The Morgan fingerprint density at radius 2 is 1.96 bits per heavy atom. The number of nitrogens with one attached hydrogen (secondary N) is 2. The second kappa shape index (κ2) is 7.57. The van der Waals surface area contributed by atoms with Crippen molar-refractivity contribution in [3.05, 3.63) is 54.2 Å². The van der Waals surface area contributed by atoms with E-state index < -0.39 is 11.7 Å². The van der Waals surface area contributed by atoms with Gasteiger partial charge in [-0.1, -0.05) is 24.8 Å². The molecule has 5 nitrogen and oxygen atoms in total. The van der Waals surface area contributed by atoms with E-state index in [0.717, 1.165) is 17.5 Å². The number of aromatic nitrogens is 4. The number of aryl methyl sites for hydroxylation is 2. The predicted octanol–water partition coefficient (Wildman–Crippen LogP) is 4.33. The van der Waals surface area contributed by atoms with Crippen LogP contribution in [0.5, 0.6) is 0 Å². The van der Waals surface area contributed by atoms with Crippen molar-refractivity contribution >= 4 is 11.6 Å². The number of halogens is 3. The zero-order valence-electron chi connectivity index (χ0n) is 13.1. The largest absolute Gasteiger partial charge is 0.421 e. The van der Waals surface area contributed by atoms with E-state index in [4.69, 9.17) is 0 Å². The van der Waals surface area contributed by atoms with Crippen LogP contribution in [0.25, 0.3) is 0 Å². The normalized spacial score (nSPS) is 10.5. The summed E-state index contributed by atoms with van der Waals surface area (Å²) < 4.78 is 38.2. The summed E-state index contributed by atoms with van der Waals surface area (Å²) in [5.74, 6) is 0.218. The maximum Gasteiger partial charge on any atom is 0.421 e. The van der Waals surface area contributed by atoms with E-state index in [2.05, 4.69) is 38.6 Å². The Morgan fingerprint density at radius 3 is 2.39 bits per heavy atom. The van der Waals surface area contributed by atoms with Gasteiger partial charge in [-0.2, -0.15) is 18.3 Å². The van der Waals surface area contributed by atoms with Crippen LogP contribution in [0.15, 0.2) is 37.1 Å². The van der Waals surface area contributed by atoms with Crippen LogP contribution in [0.3, 0.4) is 0 Å². The van der Waals surface area contributed by atoms with Crippen molar-refractivity contribution in [1.29, 1.82) is 0 Å². The van der Waals surface area contributed by atoms with Crippen molar-refractivity contribution in [2.45, 2.75) is 26.9 Å². The molecule has 0 amide bonds. The molecule has 0 bridgehead atoms. The van der Waals surface area contributed by atoms with E-state index in [1.165, 1.54) is 6.92 Å². The fraction of sp³-hybridized carbons (Fsp3) is 0.267. The van der Waals surface area contributed by atoms with Crippen molar-refractivity contribution in [3.8, 4) is 0 Å². The molecule has 0 spiro atoms. The lowest BCUT2D eigenvalue weighted by Crippen LogP contribution is -2.12. The Kier molecular flexibility index (Phi) is 6.06. The molecule has 124 valence electrons. The van der Waals surface area contributed by atoms with Gasteiger partial charge in [-0.05, 0) is 20.8 Å². The number of hydrogen-bond donors (Lipinski definition) is 2. The quantitative estimate of drug-likeness (QED) is 0.825. The molecule has 0 saturated carbocycles. The third-order valence-corrected chi connectivity index (χ3v) is 2.52. The van der Waals surface area contributed by atoms with Gasteiger partial charge in [0.05, 0.1) is 0 Å². The van der Waals surface area contributed by atoms with Crippen LogP contribution < -0.4 is 5.32 Å². The van der Waals surface area contributed by atoms with E-state index in [-0.39, 0.29) is 17.5 Å².